The van der Waals surface area contributed by atoms with Crippen molar-refractivity contribution in [2.75, 3.05) is 19.0 Å². The normalized spacial score (nSPS) is 20.4. The van der Waals surface area contributed by atoms with E-state index in [2.05, 4.69) is 10.3 Å². The molecule has 1 aromatic heterocycles. The highest BCUT2D eigenvalue weighted by atomic mass is 35.5. The van der Waals surface area contributed by atoms with Gasteiger partial charge < -0.3 is 15.2 Å². The number of halogens is 1. The van der Waals surface area contributed by atoms with Crippen molar-refractivity contribution in [3.63, 3.8) is 0 Å². The van der Waals surface area contributed by atoms with E-state index in [1.807, 2.05) is 36.4 Å². The molecule has 2 N–H and O–H groups in total. The third kappa shape index (κ3) is 5.16. The minimum Gasteiger partial charge on any atom is -0.469 e. The Bertz CT molecular complexity index is 1030. The standard InChI is InChI=1S/C24H27ClN4O3/c1-32-21(30)9-8-20-23(27-14-12-24(31)10-4-11-24)29-18-7-6-16(25)15-17(18)22(28-20)19-5-2-3-13-26-19/h2-3,5-7,13,15,20,31H,4,8-12,14H2,1H3,(H,27,29)/t20-/m0/s1. The number of amidine groups is 1. The maximum absolute atomic E-state index is 11.9. The zero-order valence-electron chi connectivity index (χ0n) is 18.1. The van der Waals surface area contributed by atoms with E-state index in [0.29, 0.717) is 41.7 Å². The minimum absolute atomic E-state index is 0.210. The van der Waals surface area contributed by atoms with Crippen molar-refractivity contribution in [1.82, 2.24) is 4.98 Å². The number of hydrogen-bond acceptors (Lipinski definition) is 6. The lowest BCUT2D eigenvalue weighted by Gasteiger charge is -2.36. The number of pyridine rings is 1. The molecule has 1 aliphatic heterocycles. The average Bonchev–Trinajstić information content (AvgIpc) is 2.93. The number of nitrogens with zero attached hydrogens (tertiary/aromatic N) is 3. The molecule has 0 spiro atoms. The molecule has 8 heteroatoms. The van der Waals surface area contributed by atoms with Gasteiger partial charge in [-0.3, -0.25) is 19.8 Å². The zero-order chi connectivity index (χ0) is 22.6. The number of benzene rings is 1. The molecule has 2 aromatic rings. The van der Waals surface area contributed by atoms with Gasteiger partial charge in [0.05, 0.1) is 24.1 Å². The van der Waals surface area contributed by atoms with E-state index in [0.717, 1.165) is 30.5 Å². The number of carbonyl (C=O) groups excluding carboxylic acids is 1. The second-order valence-electron chi connectivity index (χ2n) is 8.23. The lowest BCUT2D eigenvalue weighted by molar-refractivity contribution is -0.140. The third-order valence-corrected chi connectivity index (χ3v) is 6.24. The third-order valence-electron chi connectivity index (χ3n) is 6.00. The number of hydrogen-bond donors (Lipinski definition) is 2. The maximum atomic E-state index is 11.9. The first-order chi connectivity index (χ1) is 15.5. The number of anilines is 1. The van der Waals surface area contributed by atoms with E-state index in [-0.39, 0.29) is 12.4 Å². The predicted molar refractivity (Wildman–Crippen MR) is 126 cm³/mol. The van der Waals surface area contributed by atoms with Crippen LogP contribution in [0.4, 0.5) is 5.69 Å². The van der Waals surface area contributed by atoms with Gasteiger partial charge in [-0.1, -0.05) is 17.7 Å². The number of aromatic nitrogens is 1. The molecule has 168 valence electrons. The van der Waals surface area contributed by atoms with Crippen LogP contribution in [0.1, 0.15) is 49.8 Å². The average molecular weight is 455 g/mol. The molecule has 0 bridgehead atoms. The number of rotatable bonds is 7. The second-order valence-corrected chi connectivity index (χ2v) is 8.67. The van der Waals surface area contributed by atoms with Crippen LogP contribution in [0.5, 0.6) is 0 Å². The fraction of sp³-hybridized carbons (Fsp3) is 0.417. The van der Waals surface area contributed by atoms with Crippen LogP contribution in [0, 0.1) is 0 Å². The minimum atomic E-state index is -0.607. The van der Waals surface area contributed by atoms with E-state index >= 15 is 0 Å². The van der Waals surface area contributed by atoms with Gasteiger partial charge in [-0.2, -0.15) is 0 Å². The monoisotopic (exact) mass is 454 g/mol. The van der Waals surface area contributed by atoms with E-state index in [1.165, 1.54) is 7.11 Å². The molecule has 1 atom stereocenters. The molecule has 1 fully saturated rings. The molecule has 1 saturated carbocycles. The molecular formula is C24H27ClN4O3. The highest BCUT2D eigenvalue weighted by molar-refractivity contribution is 6.32. The fourth-order valence-electron chi connectivity index (χ4n) is 3.96. The Morgan fingerprint density at radius 3 is 2.88 bits per heavy atom. The number of fused-ring (bicyclic) bond motifs is 1. The molecule has 0 unspecified atom stereocenters. The Morgan fingerprint density at radius 1 is 1.34 bits per heavy atom. The van der Waals surface area contributed by atoms with Crippen molar-refractivity contribution in [3.05, 3.63) is 58.9 Å². The van der Waals surface area contributed by atoms with E-state index in [9.17, 15) is 9.90 Å². The quantitative estimate of drug-likeness (QED) is 0.616. The molecular weight excluding hydrogens is 428 g/mol. The summed E-state index contributed by atoms with van der Waals surface area (Å²) in [6.07, 6.45) is 5.66. The lowest BCUT2D eigenvalue weighted by atomic mass is 9.78. The molecule has 0 amide bonds. The van der Waals surface area contributed by atoms with Gasteiger partial charge in [-0.15, -0.1) is 0 Å². The number of aliphatic hydroxyl groups is 1. The predicted octanol–water partition coefficient (Wildman–Crippen LogP) is 4.02. The molecule has 2 heterocycles. The van der Waals surface area contributed by atoms with Crippen LogP contribution < -0.4 is 5.32 Å². The summed E-state index contributed by atoms with van der Waals surface area (Å²) in [7, 11) is 1.38. The maximum Gasteiger partial charge on any atom is 0.305 e. The smallest absolute Gasteiger partial charge is 0.305 e. The first-order valence-electron chi connectivity index (χ1n) is 10.9. The van der Waals surface area contributed by atoms with E-state index < -0.39 is 11.6 Å². The Balaban J connectivity index is 1.72. The van der Waals surface area contributed by atoms with Gasteiger partial charge in [0, 0.05) is 35.4 Å². The number of methoxy groups -OCH3 is 1. The van der Waals surface area contributed by atoms with Gasteiger partial charge >= 0.3 is 5.97 Å². The van der Waals surface area contributed by atoms with Crippen molar-refractivity contribution in [3.8, 4) is 0 Å². The summed E-state index contributed by atoms with van der Waals surface area (Å²) < 4.78 is 4.83. The largest absolute Gasteiger partial charge is 0.469 e. The van der Waals surface area contributed by atoms with Crippen LogP contribution in [-0.2, 0) is 9.53 Å². The van der Waals surface area contributed by atoms with Crippen LogP contribution in [-0.4, -0.2) is 52.9 Å². The van der Waals surface area contributed by atoms with Crippen molar-refractivity contribution >= 4 is 34.8 Å². The number of carbonyl (C=O) groups is 1. The molecule has 1 aromatic carbocycles. The van der Waals surface area contributed by atoms with Gasteiger partial charge in [0.25, 0.3) is 0 Å². The van der Waals surface area contributed by atoms with Gasteiger partial charge in [0.1, 0.15) is 11.9 Å². The Labute approximate surface area is 192 Å². The number of nitrogens with one attached hydrogen (secondary N) is 1. The second kappa shape index (κ2) is 9.79. The molecule has 0 radical (unpaired) electrons. The van der Waals surface area contributed by atoms with E-state index in [4.69, 9.17) is 26.3 Å². The summed E-state index contributed by atoms with van der Waals surface area (Å²) in [4.78, 5) is 26.1. The lowest BCUT2D eigenvalue weighted by Crippen LogP contribution is -2.37. The first kappa shape index (κ1) is 22.4. The van der Waals surface area contributed by atoms with Gasteiger partial charge in [0.15, 0.2) is 0 Å². The van der Waals surface area contributed by atoms with Crippen LogP contribution in [0.15, 0.2) is 52.6 Å². The van der Waals surface area contributed by atoms with Crippen molar-refractivity contribution in [2.45, 2.75) is 50.2 Å². The van der Waals surface area contributed by atoms with Crippen LogP contribution in [0.2, 0.25) is 5.02 Å². The van der Waals surface area contributed by atoms with Crippen LogP contribution >= 0.6 is 11.6 Å². The van der Waals surface area contributed by atoms with Gasteiger partial charge in [-0.05, 0) is 62.4 Å². The fourth-order valence-corrected chi connectivity index (χ4v) is 4.13. The van der Waals surface area contributed by atoms with Crippen molar-refractivity contribution in [1.29, 1.82) is 0 Å². The summed E-state index contributed by atoms with van der Waals surface area (Å²) >= 11 is 6.31. The molecule has 32 heavy (non-hydrogen) atoms. The Kier molecular flexibility index (Phi) is 6.86. The molecule has 4 rings (SSSR count). The topological polar surface area (TPSA) is 96.2 Å². The highest BCUT2D eigenvalue weighted by Gasteiger charge is 2.34. The number of aliphatic imine (C=N–C) groups is 2. The summed E-state index contributed by atoms with van der Waals surface area (Å²) in [5, 5.41) is 14.5. The number of ether oxygens (including phenoxy) is 1. The summed E-state index contributed by atoms with van der Waals surface area (Å²) in [5.74, 6) is 0.360. The highest BCUT2D eigenvalue weighted by Crippen LogP contribution is 2.34. The van der Waals surface area contributed by atoms with Crippen molar-refractivity contribution < 1.29 is 14.6 Å². The summed E-state index contributed by atoms with van der Waals surface area (Å²) in [5.41, 5.74) is 2.44. The molecule has 7 nitrogen and oxygen atoms in total. The Morgan fingerprint density at radius 2 is 2.19 bits per heavy atom. The Hall–Kier alpha value is -2.77. The van der Waals surface area contributed by atoms with Crippen LogP contribution in [0.3, 0.4) is 0 Å². The molecule has 0 saturated heterocycles. The van der Waals surface area contributed by atoms with E-state index in [1.54, 1.807) is 6.20 Å². The van der Waals surface area contributed by atoms with Crippen LogP contribution in [0.25, 0.3) is 0 Å². The number of esters is 1. The van der Waals surface area contributed by atoms with Gasteiger partial charge in [-0.25, -0.2) is 0 Å². The van der Waals surface area contributed by atoms with Crippen molar-refractivity contribution in [2.24, 2.45) is 9.98 Å². The SMILES string of the molecule is COC(=O)CC[C@@H]1N=C(c2ccccn2)c2cc(Cl)ccc2NC1=NCCC1(O)CCC1. The summed E-state index contributed by atoms with van der Waals surface area (Å²) in [6.45, 7) is 0.477. The molecule has 2 aliphatic rings. The number of benzodiazepines with no additional fused rings is 1. The zero-order valence-corrected chi connectivity index (χ0v) is 18.8. The molecule has 1 aliphatic carbocycles. The summed E-state index contributed by atoms with van der Waals surface area (Å²) in [6, 6.07) is 10.8. The van der Waals surface area contributed by atoms with Gasteiger partial charge in [0.2, 0.25) is 0 Å². The first-order valence-corrected chi connectivity index (χ1v) is 11.2.